The van der Waals surface area contributed by atoms with Crippen LogP contribution in [0, 0.1) is 20.8 Å². The number of halogens is 1. The zero-order chi connectivity index (χ0) is 23.4. The summed E-state index contributed by atoms with van der Waals surface area (Å²) in [6.07, 6.45) is 0. The van der Waals surface area contributed by atoms with Gasteiger partial charge in [0.15, 0.2) is 16.7 Å². The Morgan fingerprint density at radius 2 is 1.94 bits per heavy atom. The summed E-state index contributed by atoms with van der Waals surface area (Å²) in [5.41, 5.74) is 3.52. The number of thiazole rings is 1. The molecule has 0 bridgehead atoms. The van der Waals surface area contributed by atoms with Gasteiger partial charge in [0.2, 0.25) is 5.78 Å². The molecular weight excluding hydrogens is 504 g/mol. The van der Waals surface area contributed by atoms with Gasteiger partial charge in [-0.25, -0.2) is 4.98 Å². The molecule has 0 radical (unpaired) electrons. The van der Waals surface area contributed by atoms with Crippen molar-refractivity contribution in [3.8, 4) is 0 Å². The van der Waals surface area contributed by atoms with E-state index in [1.165, 1.54) is 16.2 Å². The first-order valence-electron chi connectivity index (χ1n) is 10.3. The maximum atomic E-state index is 13.4. The largest absolute Gasteiger partial charge is 0.503 e. The Hall–Kier alpha value is -3.23. The first-order chi connectivity index (χ1) is 15.7. The van der Waals surface area contributed by atoms with Crippen molar-refractivity contribution in [2.24, 2.45) is 0 Å². The van der Waals surface area contributed by atoms with Crippen molar-refractivity contribution < 1.29 is 19.1 Å². The molecule has 1 aliphatic heterocycles. The van der Waals surface area contributed by atoms with E-state index in [1.54, 1.807) is 19.1 Å². The Morgan fingerprint density at radius 1 is 1.15 bits per heavy atom. The van der Waals surface area contributed by atoms with Gasteiger partial charge in [0.25, 0.3) is 5.91 Å². The van der Waals surface area contributed by atoms with Gasteiger partial charge in [-0.15, -0.1) is 0 Å². The van der Waals surface area contributed by atoms with E-state index in [-0.39, 0.29) is 11.3 Å². The second-order valence-corrected chi connectivity index (χ2v) is 9.98. The number of anilines is 1. The highest BCUT2D eigenvalue weighted by atomic mass is 79.9. The number of aliphatic hydroxyl groups is 1. The molecule has 8 heteroatoms. The number of hydrogen-bond acceptors (Lipinski definition) is 6. The lowest BCUT2D eigenvalue weighted by molar-refractivity contribution is -0.117. The van der Waals surface area contributed by atoms with Crippen molar-refractivity contribution in [3.05, 3.63) is 92.5 Å². The molecule has 0 saturated heterocycles. The number of rotatable bonds is 4. The predicted molar refractivity (Wildman–Crippen MR) is 131 cm³/mol. The topological polar surface area (TPSA) is 83.6 Å². The van der Waals surface area contributed by atoms with E-state index in [2.05, 4.69) is 15.9 Å². The number of aromatic nitrogens is 1. The van der Waals surface area contributed by atoms with Crippen LogP contribution in [0.1, 0.15) is 39.0 Å². The molecule has 4 aromatic rings. The van der Waals surface area contributed by atoms with E-state index in [1.807, 2.05) is 50.2 Å². The molecule has 0 saturated carbocycles. The van der Waals surface area contributed by atoms with Crippen molar-refractivity contribution in [2.75, 3.05) is 4.90 Å². The summed E-state index contributed by atoms with van der Waals surface area (Å²) < 4.78 is 7.24. The maximum Gasteiger partial charge on any atom is 0.296 e. The Labute approximate surface area is 202 Å². The predicted octanol–water partition coefficient (Wildman–Crippen LogP) is 6.36. The molecule has 1 atom stereocenters. The molecule has 0 spiro atoms. The number of hydrogen-bond donors (Lipinski definition) is 1. The highest BCUT2D eigenvalue weighted by Gasteiger charge is 2.46. The summed E-state index contributed by atoms with van der Waals surface area (Å²) in [5.74, 6) is -1.16. The number of furan rings is 1. The van der Waals surface area contributed by atoms with Gasteiger partial charge in [-0.2, -0.15) is 0 Å². The number of carbonyl (C=O) groups is 2. The normalized spacial score (nSPS) is 16.3. The third kappa shape index (κ3) is 3.59. The van der Waals surface area contributed by atoms with Gasteiger partial charge < -0.3 is 9.52 Å². The minimum absolute atomic E-state index is 0.0281. The number of nitrogens with zero attached hydrogens (tertiary/aromatic N) is 2. The van der Waals surface area contributed by atoms with Crippen LogP contribution >= 0.6 is 27.3 Å². The first-order valence-corrected chi connectivity index (χ1v) is 11.9. The van der Waals surface area contributed by atoms with Crippen LogP contribution in [0.25, 0.3) is 10.2 Å². The van der Waals surface area contributed by atoms with E-state index in [0.29, 0.717) is 16.5 Å². The molecule has 0 fully saturated rings. The minimum Gasteiger partial charge on any atom is -0.503 e. The average Bonchev–Trinajstić information content (AvgIpc) is 3.44. The number of aryl methyl sites for hydroxylation is 3. The highest BCUT2D eigenvalue weighted by Crippen LogP contribution is 2.45. The van der Waals surface area contributed by atoms with Crippen molar-refractivity contribution >= 4 is 54.3 Å². The maximum absolute atomic E-state index is 13.4. The summed E-state index contributed by atoms with van der Waals surface area (Å²) in [4.78, 5) is 32.9. The smallest absolute Gasteiger partial charge is 0.296 e. The van der Waals surface area contributed by atoms with Gasteiger partial charge in [0, 0.05) is 4.47 Å². The molecule has 2 aromatic carbocycles. The number of benzene rings is 2. The van der Waals surface area contributed by atoms with E-state index < -0.39 is 23.5 Å². The van der Waals surface area contributed by atoms with Crippen LogP contribution in [0.3, 0.4) is 0 Å². The van der Waals surface area contributed by atoms with Gasteiger partial charge in [-0.3, -0.25) is 14.5 Å². The summed E-state index contributed by atoms with van der Waals surface area (Å²) in [5, 5.41) is 11.3. The lowest BCUT2D eigenvalue weighted by Gasteiger charge is -2.24. The number of Topliss-reactive ketones (excluding diaryl/α,β-unsaturated/α-hetero) is 1. The quantitative estimate of drug-likeness (QED) is 0.315. The van der Waals surface area contributed by atoms with E-state index in [4.69, 9.17) is 9.40 Å². The molecule has 1 amide bonds. The van der Waals surface area contributed by atoms with Crippen LogP contribution in [-0.4, -0.2) is 21.8 Å². The SMILES string of the molecule is Cc1cc(C)c2nc(N3C(=O)C(O)=C(C(=O)c4ccc(C)o4)[C@@H]3c3cccc(Br)c3)sc2c1. The average molecular weight is 523 g/mol. The summed E-state index contributed by atoms with van der Waals surface area (Å²) in [6, 6.07) is 13.7. The molecule has 33 heavy (non-hydrogen) atoms. The van der Waals surface area contributed by atoms with Gasteiger partial charge in [0.1, 0.15) is 5.76 Å². The number of carbonyl (C=O) groups excluding carboxylic acids is 2. The number of amides is 1. The Morgan fingerprint density at radius 3 is 2.64 bits per heavy atom. The molecular formula is C25H19BrN2O4S. The van der Waals surface area contributed by atoms with Crippen LogP contribution in [0.5, 0.6) is 0 Å². The van der Waals surface area contributed by atoms with Crippen molar-refractivity contribution in [2.45, 2.75) is 26.8 Å². The number of ketones is 1. The molecule has 6 nitrogen and oxygen atoms in total. The fraction of sp³-hybridized carbons (Fsp3) is 0.160. The van der Waals surface area contributed by atoms with Gasteiger partial charge in [-0.1, -0.05) is 45.5 Å². The van der Waals surface area contributed by atoms with E-state index >= 15 is 0 Å². The molecule has 166 valence electrons. The van der Waals surface area contributed by atoms with Crippen LogP contribution in [0.2, 0.25) is 0 Å². The minimum atomic E-state index is -0.852. The summed E-state index contributed by atoms with van der Waals surface area (Å²) in [7, 11) is 0. The zero-order valence-electron chi connectivity index (χ0n) is 18.0. The second kappa shape index (κ2) is 7.97. The molecule has 5 rings (SSSR count). The lowest BCUT2D eigenvalue weighted by atomic mass is 9.95. The third-order valence-corrected chi connectivity index (χ3v) is 7.10. The van der Waals surface area contributed by atoms with Crippen LogP contribution in [-0.2, 0) is 4.79 Å². The Kier molecular flexibility index (Phi) is 5.22. The monoisotopic (exact) mass is 522 g/mol. The van der Waals surface area contributed by atoms with E-state index in [0.717, 1.165) is 25.8 Å². The molecule has 3 heterocycles. The van der Waals surface area contributed by atoms with Crippen molar-refractivity contribution in [1.82, 2.24) is 4.98 Å². The second-order valence-electron chi connectivity index (χ2n) is 8.06. The molecule has 0 aliphatic carbocycles. The molecule has 1 aliphatic rings. The van der Waals surface area contributed by atoms with Crippen LogP contribution < -0.4 is 4.90 Å². The van der Waals surface area contributed by atoms with Crippen molar-refractivity contribution in [1.29, 1.82) is 0 Å². The molecule has 2 aromatic heterocycles. The summed E-state index contributed by atoms with van der Waals surface area (Å²) >= 11 is 4.82. The molecule has 1 N–H and O–H groups in total. The number of aliphatic hydroxyl groups excluding tert-OH is 1. The standard InChI is InChI=1S/C25H19BrN2O4S/c1-12-9-13(2)20-18(10-12)33-25(27-20)28-21(15-5-4-6-16(26)11-15)19(23(30)24(28)31)22(29)17-8-7-14(3)32-17/h4-11,21,30H,1-3H3/t21-/m0/s1. The van der Waals surface area contributed by atoms with Gasteiger partial charge in [0.05, 0.1) is 21.8 Å². The van der Waals surface area contributed by atoms with Gasteiger partial charge >= 0.3 is 0 Å². The fourth-order valence-electron chi connectivity index (χ4n) is 4.18. The molecule has 0 unspecified atom stereocenters. The third-order valence-electron chi connectivity index (χ3n) is 5.61. The zero-order valence-corrected chi connectivity index (χ0v) is 20.5. The fourth-order valence-corrected chi connectivity index (χ4v) is 5.76. The van der Waals surface area contributed by atoms with E-state index in [9.17, 15) is 14.7 Å². The Bertz CT molecular complexity index is 1480. The Balaban J connectivity index is 1.70. The first kappa shape index (κ1) is 21.6. The lowest BCUT2D eigenvalue weighted by Crippen LogP contribution is -2.31. The van der Waals surface area contributed by atoms with Crippen LogP contribution in [0.15, 0.2) is 68.8 Å². The number of fused-ring (bicyclic) bond motifs is 1. The highest BCUT2D eigenvalue weighted by molar-refractivity contribution is 9.10. The van der Waals surface area contributed by atoms with Gasteiger partial charge in [-0.05, 0) is 67.8 Å². The van der Waals surface area contributed by atoms with Crippen LogP contribution in [0.4, 0.5) is 5.13 Å². The van der Waals surface area contributed by atoms with Crippen molar-refractivity contribution in [3.63, 3.8) is 0 Å². The summed E-state index contributed by atoms with van der Waals surface area (Å²) in [6.45, 7) is 5.71.